The molecule has 0 aromatic carbocycles. The molecule has 4 fully saturated rings. The fraction of sp³-hybridized carbons (Fsp3) is 0.957. The molecule has 26 heavy (non-hydrogen) atoms. The quantitative estimate of drug-likeness (QED) is 0.797. The molecule has 9 atom stereocenters. The number of Topliss-reactive ketones (excluding diaryl/α,β-unsaturated/α-hetero) is 1. The van der Waals surface area contributed by atoms with Crippen molar-refractivity contribution in [2.24, 2.45) is 40.9 Å². The van der Waals surface area contributed by atoms with Crippen molar-refractivity contribution in [2.45, 2.75) is 90.8 Å². The zero-order chi connectivity index (χ0) is 18.7. The average molecular weight is 363 g/mol. The molecule has 0 saturated heterocycles. The van der Waals surface area contributed by atoms with Gasteiger partial charge in [0.15, 0.2) is 0 Å². The van der Waals surface area contributed by atoms with Crippen molar-refractivity contribution in [3.05, 3.63) is 0 Å². The summed E-state index contributed by atoms with van der Waals surface area (Å²) in [5.74, 6) is 4.43. The number of fused-ring (bicyclic) bond motifs is 5. The molecule has 0 heterocycles. The summed E-state index contributed by atoms with van der Waals surface area (Å²) in [5.41, 5.74) is -0.417. The monoisotopic (exact) mass is 362 g/mol. The van der Waals surface area contributed by atoms with Crippen molar-refractivity contribution in [3.63, 3.8) is 0 Å². The van der Waals surface area contributed by atoms with Crippen LogP contribution in [-0.4, -0.2) is 29.2 Å². The van der Waals surface area contributed by atoms with Crippen LogP contribution in [0, 0.1) is 40.9 Å². The van der Waals surface area contributed by atoms with Gasteiger partial charge in [0.2, 0.25) is 0 Å². The van der Waals surface area contributed by atoms with E-state index in [0.29, 0.717) is 30.1 Å². The number of carbonyl (C=O) groups excluding carboxylic acids is 1. The topological polar surface area (TPSA) is 46.5 Å². The second-order valence-corrected chi connectivity index (χ2v) is 10.5. The lowest BCUT2D eigenvalue weighted by Crippen LogP contribution is -2.55. The van der Waals surface area contributed by atoms with E-state index in [0.717, 1.165) is 37.0 Å². The summed E-state index contributed by atoms with van der Waals surface area (Å²) >= 11 is 0. The van der Waals surface area contributed by atoms with Crippen LogP contribution < -0.4 is 0 Å². The number of ketones is 1. The Morgan fingerprint density at radius 1 is 1.08 bits per heavy atom. The molecule has 4 rings (SSSR count). The maximum Gasteiger partial charge on any atom is 0.133 e. The van der Waals surface area contributed by atoms with Crippen LogP contribution in [0.2, 0.25) is 0 Å². The number of hydrogen-bond donors (Lipinski definition) is 1. The highest BCUT2D eigenvalue weighted by molar-refractivity contribution is 5.79. The summed E-state index contributed by atoms with van der Waals surface area (Å²) in [6.45, 7) is 8.96. The Morgan fingerprint density at radius 3 is 2.54 bits per heavy atom. The Kier molecular flexibility index (Phi) is 4.79. The summed E-state index contributed by atoms with van der Waals surface area (Å²) in [4.78, 5) is 12.2. The Balaban J connectivity index is 1.55. The van der Waals surface area contributed by atoms with Gasteiger partial charge in [0.25, 0.3) is 0 Å². The zero-order valence-electron chi connectivity index (χ0n) is 17.2. The van der Waals surface area contributed by atoms with Crippen LogP contribution in [0.5, 0.6) is 0 Å². The van der Waals surface area contributed by atoms with E-state index in [4.69, 9.17) is 4.74 Å². The van der Waals surface area contributed by atoms with Crippen molar-refractivity contribution in [2.75, 3.05) is 6.61 Å². The van der Waals surface area contributed by atoms with Crippen LogP contribution >= 0.6 is 0 Å². The van der Waals surface area contributed by atoms with Gasteiger partial charge in [-0.15, -0.1) is 0 Å². The van der Waals surface area contributed by atoms with Crippen LogP contribution in [0.4, 0.5) is 0 Å². The highest BCUT2D eigenvalue weighted by Crippen LogP contribution is 2.64. The lowest BCUT2D eigenvalue weighted by molar-refractivity contribution is -0.172. The number of carbonyl (C=O) groups is 1. The van der Waals surface area contributed by atoms with E-state index in [9.17, 15) is 9.90 Å². The first-order valence-electron chi connectivity index (χ1n) is 11.1. The fourth-order valence-corrected chi connectivity index (χ4v) is 8.13. The smallest absolute Gasteiger partial charge is 0.133 e. The molecule has 0 spiro atoms. The minimum atomic E-state index is -0.666. The lowest BCUT2D eigenvalue weighted by atomic mass is 9.48. The molecule has 4 aliphatic rings. The highest BCUT2D eigenvalue weighted by atomic mass is 16.5. The van der Waals surface area contributed by atoms with Crippen LogP contribution in [0.3, 0.4) is 0 Å². The van der Waals surface area contributed by atoms with Gasteiger partial charge >= 0.3 is 0 Å². The Labute approximate surface area is 159 Å². The minimum Gasteiger partial charge on any atom is -0.387 e. The first kappa shape index (κ1) is 18.9. The first-order chi connectivity index (χ1) is 12.3. The molecule has 4 saturated carbocycles. The van der Waals surface area contributed by atoms with Crippen LogP contribution in [0.1, 0.15) is 79.1 Å². The third-order valence-electron chi connectivity index (χ3n) is 9.23. The predicted molar refractivity (Wildman–Crippen MR) is 103 cm³/mol. The van der Waals surface area contributed by atoms with E-state index < -0.39 is 5.60 Å². The third-order valence-corrected chi connectivity index (χ3v) is 9.23. The molecule has 0 radical (unpaired) electrons. The summed E-state index contributed by atoms with van der Waals surface area (Å²) in [7, 11) is 0. The van der Waals surface area contributed by atoms with E-state index in [1.54, 1.807) is 0 Å². The molecular formula is C23H38O3. The van der Waals surface area contributed by atoms with E-state index >= 15 is 0 Å². The predicted octanol–water partition coefficient (Wildman–Crippen LogP) is 4.61. The van der Waals surface area contributed by atoms with Crippen molar-refractivity contribution < 1.29 is 14.6 Å². The summed E-state index contributed by atoms with van der Waals surface area (Å²) in [6, 6.07) is 0. The largest absolute Gasteiger partial charge is 0.387 e. The standard InChI is InChI=1S/C23H38O3/c1-5-26-21-12-18-15(13-23(21,4)25)6-7-17-16(18)10-11-22(3)19(14(2)24)8-9-20(17)22/h15-21,25H,5-13H2,1-4H3/t15-,16-,17+,18-,19+,20-,21-,22+,23-/m0/s1. The second-order valence-electron chi connectivity index (χ2n) is 10.5. The van der Waals surface area contributed by atoms with E-state index in [2.05, 4.69) is 6.92 Å². The van der Waals surface area contributed by atoms with Gasteiger partial charge in [-0.2, -0.15) is 0 Å². The zero-order valence-corrected chi connectivity index (χ0v) is 17.2. The normalized spacial score (nSPS) is 53.5. The molecule has 3 heteroatoms. The van der Waals surface area contributed by atoms with Crippen molar-refractivity contribution >= 4 is 5.78 Å². The van der Waals surface area contributed by atoms with Gasteiger partial charge in [-0.05, 0) is 107 Å². The fourth-order valence-electron chi connectivity index (χ4n) is 8.13. The second kappa shape index (κ2) is 6.58. The lowest BCUT2D eigenvalue weighted by Gasteiger charge is -2.58. The third kappa shape index (κ3) is 2.80. The molecule has 0 amide bonds. The van der Waals surface area contributed by atoms with Crippen molar-refractivity contribution in [1.29, 1.82) is 0 Å². The van der Waals surface area contributed by atoms with Crippen molar-refractivity contribution in [3.8, 4) is 0 Å². The molecule has 0 aliphatic heterocycles. The van der Waals surface area contributed by atoms with Gasteiger partial charge in [-0.25, -0.2) is 0 Å². The SMILES string of the molecule is CCO[C@H]1C[C@H]2[C@@H](CC[C@@H]3[C@@H]2CC[C@]2(C)[C@@H](C(C)=O)CC[C@@H]32)C[C@]1(C)O. The van der Waals surface area contributed by atoms with Crippen LogP contribution in [0.25, 0.3) is 0 Å². The molecule has 0 bridgehead atoms. The molecule has 3 nitrogen and oxygen atoms in total. The maximum absolute atomic E-state index is 12.2. The van der Waals surface area contributed by atoms with Gasteiger partial charge in [-0.1, -0.05) is 6.92 Å². The van der Waals surface area contributed by atoms with E-state index in [1.165, 1.54) is 32.1 Å². The number of rotatable bonds is 3. The Morgan fingerprint density at radius 2 is 1.85 bits per heavy atom. The minimum absolute atomic E-state index is 0.00523. The number of hydrogen-bond acceptors (Lipinski definition) is 3. The molecule has 4 aliphatic carbocycles. The summed E-state index contributed by atoms with van der Waals surface area (Å²) in [5, 5.41) is 10.9. The molecular weight excluding hydrogens is 324 g/mol. The first-order valence-corrected chi connectivity index (χ1v) is 11.1. The molecule has 0 aromatic rings. The van der Waals surface area contributed by atoms with Gasteiger partial charge in [-0.3, -0.25) is 4.79 Å². The van der Waals surface area contributed by atoms with Gasteiger partial charge in [0.05, 0.1) is 11.7 Å². The van der Waals surface area contributed by atoms with Crippen LogP contribution in [0.15, 0.2) is 0 Å². The van der Waals surface area contributed by atoms with Crippen molar-refractivity contribution in [1.82, 2.24) is 0 Å². The number of ether oxygens (including phenoxy) is 1. The summed E-state index contributed by atoms with van der Waals surface area (Å²) in [6.07, 6.45) is 9.39. The van der Waals surface area contributed by atoms with Crippen LogP contribution in [-0.2, 0) is 9.53 Å². The molecule has 0 aromatic heterocycles. The highest BCUT2D eigenvalue weighted by Gasteiger charge is 2.59. The maximum atomic E-state index is 12.2. The van der Waals surface area contributed by atoms with Gasteiger partial charge in [0, 0.05) is 12.5 Å². The van der Waals surface area contributed by atoms with E-state index in [-0.39, 0.29) is 11.5 Å². The van der Waals surface area contributed by atoms with Gasteiger partial charge in [0.1, 0.15) is 5.78 Å². The molecule has 1 N–H and O–H groups in total. The Bertz CT molecular complexity index is 556. The molecule has 148 valence electrons. The summed E-state index contributed by atoms with van der Waals surface area (Å²) < 4.78 is 5.99. The Hall–Kier alpha value is -0.410. The molecule has 0 unspecified atom stereocenters. The average Bonchev–Trinajstić information content (AvgIpc) is 2.92. The van der Waals surface area contributed by atoms with Gasteiger partial charge < -0.3 is 9.84 Å². The van der Waals surface area contributed by atoms with E-state index in [1.807, 2.05) is 20.8 Å². The number of aliphatic hydroxyl groups is 1.